The molecule has 15 heavy (non-hydrogen) atoms. The van der Waals surface area contributed by atoms with Gasteiger partial charge in [0.2, 0.25) is 0 Å². The van der Waals surface area contributed by atoms with Crippen LogP contribution in [0, 0.1) is 0 Å². The molecule has 1 amide bonds. The van der Waals surface area contributed by atoms with Gasteiger partial charge < -0.3 is 10.0 Å². The Hall–Kier alpha value is -0.870. The second-order valence-corrected chi connectivity index (χ2v) is 4.74. The summed E-state index contributed by atoms with van der Waals surface area (Å²) in [5.41, 5.74) is 0. The molecule has 1 atom stereocenters. The highest BCUT2D eigenvalue weighted by atomic mass is 32.1. The molecule has 3 nitrogen and oxygen atoms in total. The summed E-state index contributed by atoms with van der Waals surface area (Å²) < 4.78 is 0. The van der Waals surface area contributed by atoms with E-state index in [1.807, 2.05) is 19.1 Å². The molecule has 0 spiro atoms. The summed E-state index contributed by atoms with van der Waals surface area (Å²) >= 11 is 1.52. The smallest absolute Gasteiger partial charge is 0.263 e. The van der Waals surface area contributed by atoms with Crippen LogP contribution >= 0.6 is 11.3 Å². The first-order chi connectivity index (χ1) is 7.10. The van der Waals surface area contributed by atoms with Gasteiger partial charge in [0.1, 0.15) is 0 Å². The topological polar surface area (TPSA) is 40.5 Å². The zero-order valence-electron chi connectivity index (χ0n) is 9.36. The Labute approximate surface area is 94.3 Å². The van der Waals surface area contributed by atoms with E-state index >= 15 is 0 Å². The van der Waals surface area contributed by atoms with Crippen LogP contribution in [0.15, 0.2) is 12.1 Å². The van der Waals surface area contributed by atoms with Crippen molar-refractivity contribution in [1.29, 1.82) is 0 Å². The van der Waals surface area contributed by atoms with E-state index in [0.29, 0.717) is 0 Å². The highest BCUT2D eigenvalue weighted by Crippen LogP contribution is 2.19. The van der Waals surface area contributed by atoms with Crippen molar-refractivity contribution in [2.75, 3.05) is 13.7 Å². The van der Waals surface area contributed by atoms with Gasteiger partial charge in [0.15, 0.2) is 0 Å². The van der Waals surface area contributed by atoms with Crippen LogP contribution in [0.1, 0.15) is 28.4 Å². The van der Waals surface area contributed by atoms with Gasteiger partial charge in [-0.2, -0.15) is 0 Å². The predicted octanol–water partition coefficient (Wildman–Crippen LogP) is 1.76. The minimum Gasteiger partial charge on any atom is -0.394 e. The van der Waals surface area contributed by atoms with Crippen LogP contribution < -0.4 is 0 Å². The molecule has 1 unspecified atom stereocenters. The van der Waals surface area contributed by atoms with Crippen LogP contribution in [0.5, 0.6) is 0 Å². The third-order valence-electron chi connectivity index (χ3n) is 2.47. The van der Waals surface area contributed by atoms with E-state index in [0.717, 1.165) is 11.3 Å². The van der Waals surface area contributed by atoms with Crippen LogP contribution in [0.25, 0.3) is 0 Å². The summed E-state index contributed by atoms with van der Waals surface area (Å²) in [6.07, 6.45) is 0.956. The van der Waals surface area contributed by atoms with Gasteiger partial charge in [-0.3, -0.25) is 4.79 Å². The lowest BCUT2D eigenvalue weighted by molar-refractivity contribution is 0.0687. The Morgan fingerprint density at radius 3 is 2.73 bits per heavy atom. The second-order valence-electron chi connectivity index (χ2n) is 3.57. The first-order valence-electron chi connectivity index (χ1n) is 5.06. The summed E-state index contributed by atoms with van der Waals surface area (Å²) in [5.74, 6) is -0.0127. The molecule has 0 aliphatic rings. The minimum absolute atomic E-state index is 0.00570. The number of amides is 1. The second kappa shape index (κ2) is 5.28. The molecule has 0 saturated heterocycles. The standard InChI is InChI=1S/C11H17NO2S/c1-4-9-5-6-10(15-9)11(14)12(3)8(2)7-13/h5-6,8,13H,4,7H2,1-3H3. The molecular formula is C11H17NO2S. The Kier molecular flexibility index (Phi) is 4.29. The monoisotopic (exact) mass is 227 g/mol. The first kappa shape index (κ1) is 12.2. The van der Waals surface area contributed by atoms with Gasteiger partial charge in [-0.1, -0.05) is 6.92 Å². The Bertz CT molecular complexity index is 335. The number of likely N-dealkylation sites (N-methyl/N-ethyl adjacent to an activating group) is 1. The molecule has 0 aromatic carbocycles. The van der Waals surface area contributed by atoms with E-state index < -0.39 is 0 Å². The summed E-state index contributed by atoms with van der Waals surface area (Å²) in [4.78, 5) is 15.4. The number of nitrogens with zero attached hydrogens (tertiary/aromatic N) is 1. The maximum atomic E-state index is 11.9. The lowest BCUT2D eigenvalue weighted by atomic mass is 10.3. The largest absolute Gasteiger partial charge is 0.394 e. The van der Waals surface area contributed by atoms with E-state index in [4.69, 9.17) is 5.11 Å². The molecule has 1 aromatic heterocycles. The van der Waals surface area contributed by atoms with Crippen molar-refractivity contribution in [2.24, 2.45) is 0 Å². The van der Waals surface area contributed by atoms with Crippen molar-refractivity contribution in [3.05, 3.63) is 21.9 Å². The molecule has 1 aromatic rings. The van der Waals surface area contributed by atoms with Crippen molar-refractivity contribution in [3.8, 4) is 0 Å². The number of hydrogen-bond donors (Lipinski definition) is 1. The fourth-order valence-corrected chi connectivity index (χ4v) is 2.11. The predicted molar refractivity (Wildman–Crippen MR) is 62.3 cm³/mol. The molecule has 1 heterocycles. The third kappa shape index (κ3) is 2.79. The molecule has 0 aliphatic heterocycles. The van der Waals surface area contributed by atoms with Crippen molar-refractivity contribution < 1.29 is 9.90 Å². The van der Waals surface area contributed by atoms with E-state index in [2.05, 4.69) is 6.92 Å². The van der Waals surface area contributed by atoms with Crippen molar-refractivity contribution in [2.45, 2.75) is 26.3 Å². The molecule has 4 heteroatoms. The molecule has 0 bridgehead atoms. The number of rotatable bonds is 4. The van der Waals surface area contributed by atoms with Gasteiger partial charge >= 0.3 is 0 Å². The fraction of sp³-hybridized carbons (Fsp3) is 0.545. The van der Waals surface area contributed by atoms with E-state index in [9.17, 15) is 4.79 Å². The Balaban J connectivity index is 2.75. The fourth-order valence-electron chi connectivity index (χ4n) is 1.18. The molecule has 0 radical (unpaired) electrons. The summed E-state index contributed by atoms with van der Waals surface area (Å²) in [5, 5.41) is 8.96. The highest BCUT2D eigenvalue weighted by molar-refractivity contribution is 7.14. The molecule has 84 valence electrons. The normalized spacial score (nSPS) is 12.5. The van der Waals surface area contributed by atoms with Gasteiger partial charge in [0.25, 0.3) is 5.91 Å². The van der Waals surface area contributed by atoms with E-state index in [1.165, 1.54) is 16.2 Å². The summed E-state index contributed by atoms with van der Waals surface area (Å²) in [6, 6.07) is 3.70. The molecule has 0 fully saturated rings. The molecule has 1 rings (SSSR count). The van der Waals surface area contributed by atoms with Gasteiger partial charge in [-0.05, 0) is 25.5 Å². The van der Waals surface area contributed by atoms with Crippen molar-refractivity contribution in [1.82, 2.24) is 4.90 Å². The number of thiophene rings is 1. The van der Waals surface area contributed by atoms with Gasteiger partial charge in [-0.25, -0.2) is 0 Å². The van der Waals surface area contributed by atoms with Crippen LogP contribution in [-0.2, 0) is 6.42 Å². The maximum Gasteiger partial charge on any atom is 0.263 e. The average Bonchev–Trinajstić information content (AvgIpc) is 2.74. The van der Waals surface area contributed by atoms with Crippen LogP contribution in [0.3, 0.4) is 0 Å². The number of carbonyl (C=O) groups excluding carboxylic acids is 1. The minimum atomic E-state index is -0.135. The Morgan fingerprint density at radius 2 is 2.27 bits per heavy atom. The first-order valence-corrected chi connectivity index (χ1v) is 5.88. The van der Waals surface area contributed by atoms with Gasteiger partial charge in [0.05, 0.1) is 17.5 Å². The third-order valence-corrected chi connectivity index (χ3v) is 3.68. The zero-order valence-corrected chi connectivity index (χ0v) is 10.2. The number of aryl methyl sites for hydroxylation is 1. The number of hydrogen-bond acceptors (Lipinski definition) is 3. The maximum absolute atomic E-state index is 11.9. The van der Waals surface area contributed by atoms with E-state index in [-0.39, 0.29) is 18.6 Å². The Morgan fingerprint density at radius 1 is 1.60 bits per heavy atom. The summed E-state index contributed by atoms with van der Waals surface area (Å²) in [6.45, 7) is 3.89. The SMILES string of the molecule is CCc1ccc(C(=O)N(C)C(C)CO)s1. The van der Waals surface area contributed by atoms with Crippen LogP contribution in [-0.4, -0.2) is 35.6 Å². The number of carbonyl (C=O) groups is 1. The van der Waals surface area contributed by atoms with Crippen LogP contribution in [0.4, 0.5) is 0 Å². The quantitative estimate of drug-likeness (QED) is 0.851. The van der Waals surface area contributed by atoms with Gasteiger partial charge in [-0.15, -0.1) is 11.3 Å². The lowest BCUT2D eigenvalue weighted by Gasteiger charge is -2.22. The highest BCUT2D eigenvalue weighted by Gasteiger charge is 2.18. The lowest BCUT2D eigenvalue weighted by Crippen LogP contribution is -2.36. The molecule has 0 aliphatic carbocycles. The van der Waals surface area contributed by atoms with Crippen LogP contribution in [0.2, 0.25) is 0 Å². The van der Waals surface area contributed by atoms with Crippen molar-refractivity contribution >= 4 is 17.2 Å². The summed E-state index contributed by atoms with van der Waals surface area (Å²) in [7, 11) is 1.72. The average molecular weight is 227 g/mol. The van der Waals surface area contributed by atoms with Gasteiger partial charge in [0, 0.05) is 11.9 Å². The molecule has 1 N–H and O–H groups in total. The molecule has 0 saturated carbocycles. The number of aliphatic hydroxyl groups excluding tert-OH is 1. The van der Waals surface area contributed by atoms with Crippen molar-refractivity contribution in [3.63, 3.8) is 0 Å². The van der Waals surface area contributed by atoms with E-state index in [1.54, 1.807) is 11.9 Å². The number of aliphatic hydroxyl groups is 1. The molecular weight excluding hydrogens is 210 g/mol. The zero-order chi connectivity index (χ0) is 11.4.